The van der Waals surface area contributed by atoms with Crippen molar-refractivity contribution >= 4 is 0 Å². The maximum absolute atomic E-state index is 9.33. The van der Waals surface area contributed by atoms with Crippen LogP contribution in [0.4, 0.5) is 0 Å². The lowest BCUT2D eigenvalue weighted by Gasteiger charge is -2.19. The van der Waals surface area contributed by atoms with Gasteiger partial charge in [-0.25, -0.2) is 0 Å². The maximum atomic E-state index is 9.33. The van der Waals surface area contributed by atoms with Crippen LogP contribution in [0.3, 0.4) is 0 Å². The molecule has 0 aromatic carbocycles. The summed E-state index contributed by atoms with van der Waals surface area (Å²) >= 11 is 0. The Kier molecular flexibility index (Phi) is 3.26. The van der Waals surface area contributed by atoms with Crippen LogP contribution in [0.5, 0.6) is 0 Å². The molecule has 0 aliphatic carbocycles. The zero-order chi connectivity index (χ0) is 10.1. The first-order chi connectivity index (χ1) is 6.00. The first-order valence-electron chi connectivity index (χ1n) is 4.25. The van der Waals surface area contributed by atoms with Gasteiger partial charge in [0.25, 0.3) is 0 Å². The molecular formula is C8H16O5. The lowest BCUT2D eigenvalue weighted by Crippen LogP contribution is -2.39. The standard InChI is InChI=1S/C8H16O5/c1-8(2)12-6(4-10)7(13-8)5(11)3-9/h5-7,9-11H,3-4H2,1-2H3/t5-,6-,7+/m1/s1. The fourth-order valence-electron chi connectivity index (χ4n) is 1.43. The normalized spacial score (nSPS) is 34.8. The summed E-state index contributed by atoms with van der Waals surface area (Å²) in [5.41, 5.74) is 0. The molecule has 1 aliphatic heterocycles. The minimum Gasteiger partial charge on any atom is -0.394 e. The molecule has 1 rings (SSSR count). The van der Waals surface area contributed by atoms with Gasteiger partial charge in [-0.05, 0) is 13.8 Å². The van der Waals surface area contributed by atoms with E-state index in [1.165, 1.54) is 0 Å². The summed E-state index contributed by atoms with van der Waals surface area (Å²) in [4.78, 5) is 0. The third-order valence-corrected chi connectivity index (χ3v) is 1.97. The first-order valence-corrected chi connectivity index (χ1v) is 4.25. The van der Waals surface area contributed by atoms with Crippen molar-refractivity contribution in [3.8, 4) is 0 Å². The smallest absolute Gasteiger partial charge is 0.164 e. The van der Waals surface area contributed by atoms with Crippen LogP contribution in [0.1, 0.15) is 13.8 Å². The maximum Gasteiger partial charge on any atom is 0.164 e. The quantitative estimate of drug-likeness (QED) is 0.526. The Bertz CT molecular complexity index is 170. The van der Waals surface area contributed by atoms with Gasteiger partial charge in [-0.2, -0.15) is 0 Å². The van der Waals surface area contributed by atoms with Crippen molar-refractivity contribution in [2.45, 2.75) is 37.9 Å². The Labute approximate surface area is 76.9 Å². The molecular weight excluding hydrogens is 176 g/mol. The average Bonchev–Trinajstić information content (AvgIpc) is 2.39. The highest BCUT2D eigenvalue weighted by Crippen LogP contribution is 2.29. The van der Waals surface area contributed by atoms with Gasteiger partial charge < -0.3 is 24.8 Å². The molecule has 0 bridgehead atoms. The lowest BCUT2D eigenvalue weighted by molar-refractivity contribution is -0.158. The Balaban J connectivity index is 2.63. The van der Waals surface area contributed by atoms with Crippen molar-refractivity contribution in [1.29, 1.82) is 0 Å². The largest absolute Gasteiger partial charge is 0.394 e. The summed E-state index contributed by atoms with van der Waals surface area (Å²) in [5.74, 6) is -0.811. The Morgan fingerprint density at radius 2 is 1.92 bits per heavy atom. The molecule has 78 valence electrons. The highest BCUT2D eigenvalue weighted by atomic mass is 16.8. The average molecular weight is 192 g/mol. The van der Waals surface area contributed by atoms with Crippen LogP contribution in [0.2, 0.25) is 0 Å². The van der Waals surface area contributed by atoms with Gasteiger partial charge in [-0.3, -0.25) is 0 Å². The van der Waals surface area contributed by atoms with Gasteiger partial charge in [0, 0.05) is 0 Å². The van der Waals surface area contributed by atoms with Crippen LogP contribution in [0.25, 0.3) is 0 Å². The van der Waals surface area contributed by atoms with E-state index in [-0.39, 0.29) is 6.61 Å². The van der Waals surface area contributed by atoms with Gasteiger partial charge >= 0.3 is 0 Å². The van der Waals surface area contributed by atoms with E-state index in [2.05, 4.69) is 0 Å². The Morgan fingerprint density at radius 3 is 2.38 bits per heavy atom. The number of hydrogen-bond donors (Lipinski definition) is 3. The van der Waals surface area contributed by atoms with E-state index in [9.17, 15) is 5.11 Å². The second-order valence-electron chi connectivity index (χ2n) is 3.57. The van der Waals surface area contributed by atoms with Gasteiger partial charge in [0.1, 0.15) is 18.3 Å². The third-order valence-electron chi connectivity index (χ3n) is 1.97. The number of ether oxygens (including phenoxy) is 2. The molecule has 0 saturated carbocycles. The Hall–Kier alpha value is -0.200. The molecule has 1 saturated heterocycles. The van der Waals surface area contributed by atoms with Crippen LogP contribution in [0.15, 0.2) is 0 Å². The molecule has 3 N–H and O–H groups in total. The number of aliphatic hydroxyl groups excluding tert-OH is 3. The minimum absolute atomic E-state index is 0.231. The topological polar surface area (TPSA) is 79.2 Å². The molecule has 1 aliphatic rings. The molecule has 1 heterocycles. The second-order valence-corrected chi connectivity index (χ2v) is 3.57. The van der Waals surface area contributed by atoms with E-state index in [0.717, 1.165) is 0 Å². The van der Waals surface area contributed by atoms with Crippen LogP contribution in [-0.2, 0) is 9.47 Å². The molecule has 0 aromatic rings. The number of hydrogen-bond acceptors (Lipinski definition) is 5. The second kappa shape index (κ2) is 3.89. The highest BCUT2D eigenvalue weighted by molar-refractivity contribution is 4.85. The van der Waals surface area contributed by atoms with Crippen LogP contribution < -0.4 is 0 Å². The summed E-state index contributed by atoms with van der Waals surface area (Å²) in [6.07, 6.45) is -2.25. The van der Waals surface area contributed by atoms with E-state index in [1.807, 2.05) is 0 Å². The lowest BCUT2D eigenvalue weighted by atomic mass is 10.1. The Morgan fingerprint density at radius 1 is 1.31 bits per heavy atom. The van der Waals surface area contributed by atoms with Gasteiger partial charge in [0.05, 0.1) is 13.2 Å². The first kappa shape index (κ1) is 10.9. The molecule has 5 heteroatoms. The molecule has 13 heavy (non-hydrogen) atoms. The molecule has 0 spiro atoms. The summed E-state index contributed by atoms with van der Waals surface area (Å²) in [5, 5.41) is 27.0. The minimum atomic E-state index is -1.01. The zero-order valence-corrected chi connectivity index (χ0v) is 7.80. The van der Waals surface area contributed by atoms with Crippen molar-refractivity contribution < 1.29 is 24.8 Å². The molecule has 3 atom stereocenters. The molecule has 0 amide bonds. The van der Waals surface area contributed by atoms with E-state index < -0.39 is 30.7 Å². The van der Waals surface area contributed by atoms with Crippen molar-refractivity contribution in [3.63, 3.8) is 0 Å². The summed E-state index contributed by atoms with van der Waals surface area (Å²) in [6, 6.07) is 0. The van der Waals surface area contributed by atoms with Crippen molar-refractivity contribution in [2.24, 2.45) is 0 Å². The van der Waals surface area contributed by atoms with E-state index in [4.69, 9.17) is 19.7 Å². The predicted octanol–water partition coefficient (Wildman–Crippen LogP) is -1.15. The van der Waals surface area contributed by atoms with E-state index in [1.54, 1.807) is 13.8 Å². The van der Waals surface area contributed by atoms with Crippen molar-refractivity contribution in [3.05, 3.63) is 0 Å². The summed E-state index contributed by atoms with van der Waals surface area (Å²) in [7, 11) is 0. The molecule has 0 aromatic heterocycles. The predicted molar refractivity (Wildman–Crippen MR) is 44.0 cm³/mol. The van der Waals surface area contributed by atoms with E-state index >= 15 is 0 Å². The molecule has 0 radical (unpaired) electrons. The number of rotatable bonds is 3. The van der Waals surface area contributed by atoms with Gasteiger partial charge in [-0.15, -0.1) is 0 Å². The molecule has 0 unspecified atom stereocenters. The van der Waals surface area contributed by atoms with E-state index in [0.29, 0.717) is 0 Å². The summed E-state index contributed by atoms with van der Waals surface area (Å²) in [6.45, 7) is 2.76. The zero-order valence-electron chi connectivity index (χ0n) is 7.80. The van der Waals surface area contributed by atoms with Crippen LogP contribution in [-0.4, -0.2) is 52.6 Å². The molecule has 5 nitrogen and oxygen atoms in total. The van der Waals surface area contributed by atoms with Crippen molar-refractivity contribution in [1.82, 2.24) is 0 Å². The SMILES string of the molecule is CC1(C)O[C@@H]([C@H](O)CO)[C@@H](CO)O1. The fourth-order valence-corrected chi connectivity index (χ4v) is 1.43. The van der Waals surface area contributed by atoms with Gasteiger partial charge in [0.2, 0.25) is 0 Å². The van der Waals surface area contributed by atoms with Gasteiger partial charge in [0.15, 0.2) is 5.79 Å². The summed E-state index contributed by atoms with van der Waals surface area (Å²) < 4.78 is 10.6. The van der Waals surface area contributed by atoms with Crippen molar-refractivity contribution in [2.75, 3.05) is 13.2 Å². The third kappa shape index (κ3) is 2.38. The molecule has 1 fully saturated rings. The highest BCUT2D eigenvalue weighted by Gasteiger charge is 2.44. The van der Waals surface area contributed by atoms with Gasteiger partial charge in [-0.1, -0.05) is 0 Å². The van der Waals surface area contributed by atoms with Crippen LogP contribution >= 0.6 is 0 Å². The fraction of sp³-hybridized carbons (Fsp3) is 1.00. The van der Waals surface area contributed by atoms with Crippen LogP contribution in [0, 0.1) is 0 Å². The monoisotopic (exact) mass is 192 g/mol. The number of aliphatic hydroxyl groups is 3.